The van der Waals surface area contributed by atoms with Crippen LogP contribution in [-0.2, 0) is 16.4 Å². The highest BCUT2D eigenvalue weighted by Gasteiger charge is 2.41. The lowest BCUT2D eigenvalue weighted by Gasteiger charge is -2.33. The topological polar surface area (TPSA) is 40.6 Å². The van der Waals surface area contributed by atoms with Crippen LogP contribution >= 0.6 is 0 Å². The van der Waals surface area contributed by atoms with E-state index >= 15 is 0 Å². The fraction of sp³-hybridized carbons (Fsp3) is 0.600. The fourth-order valence-corrected chi connectivity index (χ4v) is 4.21. The van der Waals surface area contributed by atoms with Crippen LogP contribution in [-0.4, -0.2) is 56.2 Å². The Bertz CT molecular complexity index is 600. The molecule has 0 aliphatic carbocycles. The Hall–Kier alpha value is -0.910. The lowest BCUT2D eigenvalue weighted by molar-refractivity contribution is 0.127. The molecule has 0 radical (unpaired) electrons. The Morgan fingerprint density at radius 3 is 2.50 bits per heavy atom. The van der Waals surface area contributed by atoms with E-state index in [-0.39, 0.29) is 0 Å². The van der Waals surface area contributed by atoms with Gasteiger partial charge in [-0.25, -0.2) is 8.42 Å². The van der Waals surface area contributed by atoms with E-state index in [1.54, 1.807) is 6.07 Å². The minimum atomic E-state index is -3.11. The van der Waals surface area contributed by atoms with Crippen LogP contribution in [0, 0.1) is 0 Å². The zero-order valence-corrected chi connectivity index (χ0v) is 12.9. The van der Waals surface area contributed by atoms with Crippen LogP contribution in [0.4, 0.5) is 0 Å². The van der Waals surface area contributed by atoms with Crippen molar-refractivity contribution in [1.29, 1.82) is 0 Å². The standard InChI is InChI=1S/C15H22N2O2S/c1-3-16-10-14-8-13(16)11-17(14)9-12-5-4-6-15(7-12)20(2,18)19/h4-7,13-14H,3,8-11H2,1-2H3. The van der Waals surface area contributed by atoms with E-state index in [4.69, 9.17) is 0 Å². The Labute approximate surface area is 121 Å². The van der Waals surface area contributed by atoms with Gasteiger partial charge in [0.05, 0.1) is 4.90 Å². The van der Waals surface area contributed by atoms with E-state index in [1.807, 2.05) is 18.2 Å². The van der Waals surface area contributed by atoms with Crippen LogP contribution < -0.4 is 0 Å². The van der Waals surface area contributed by atoms with Gasteiger partial charge in [-0.1, -0.05) is 19.1 Å². The molecule has 0 aromatic heterocycles. The average molecular weight is 294 g/mol. The molecule has 3 rings (SSSR count). The Morgan fingerprint density at radius 2 is 1.90 bits per heavy atom. The van der Waals surface area contributed by atoms with Crippen LogP contribution in [0.5, 0.6) is 0 Å². The molecule has 20 heavy (non-hydrogen) atoms. The molecule has 2 unspecified atom stereocenters. The van der Waals surface area contributed by atoms with E-state index in [0.717, 1.165) is 31.7 Å². The van der Waals surface area contributed by atoms with Gasteiger partial charge in [0.25, 0.3) is 0 Å². The van der Waals surface area contributed by atoms with Crippen LogP contribution in [0.25, 0.3) is 0 Å². The molecule has 1 aromatic carbocycles. The normalized spacial score (nSPS) is 27.3. The second kappa shape index (κ2) is 5.13. The minimum Gasteiger partial charge on any atom is -0.298 e. The summed E-state index contributed by atoms with van der Waals surface area (Å²) in [6.45, 7) is 6.50. The van der Waals surface area contributed by atoms with Gasteiger partial charge in [-0.15, -0.1) is 0 Å². The number of rotatable bonds is 4. The van der Waals surface area contributed by atoms with Crippen LogP contribution in [0.15, 0.2) is 29.2 Å². The number of benzene rings is 1. The van der Waals surface area contributed by atoms with E-state index in [2.05, 4.69) is 16.7 Å². The first-order valence-electron chi connectivity index (χ1n) is 7.24. The number of hydrogen-bond donors (Lipinski definition) is 0. The molecule has 2 bridgehead atoms. The summed E-state index contributed by atoms with van der Waals surface area (Å²) in [4.78, 5) is 5.47. The first-order chi connectivity index (χ1) is 9.47. The maximum atomic E-state index is 11.6. The van der Waals surface area contributed by atoms with Gasteiger partial charge in [0.1, 0.15) is 0 Å². The van der Waals surface area contributed by atoms with E-state index in [9.17, 15) is 8.42 Å². The average Bonchev–Trinajstić information content (AvgIpc) is 2.97. The molecular formula is C15H22N2O2S. The van der Waals surface area contributed by atoms with Crippen molar-refractivity contribution in [1.82, 2.24) is 9.80 Å². The molecule has 2 aliphatic rings. The van der Waals surface area contributed by atoms with Crippen molar-refractivity contribution in [3.8, 4) is 0 Å². The SMILES string of the molecule is CCN1CC2CC1CN2Cc1cccc(S(C)(=O)=O)c1. The molecule has 2 saturated heterocycles. The molecule has 0 saturated carbocycles. The molecule has 1 aromatic rings. The van der Waals surface area contributed by atoms with E-state index in [1.165, 1.54) is 12.7 Å². The quantitative estimate of drug-likeness (QED) is 0.841. The zero-order valence-electron chi connectivity index (χ0n) is 12.1. The maximum Gasteiger partial charge on any atom is 0.175 e. The van der Waals surface area contributed by atoms with Gasteiger partial charge >= 0.3 is 0 Å². The second-order valence-corrected chi connectivity index (χ2v) is 8.00. The smallest absolute Gasteiger partial charge is 0.175 e. The molecule has 2 atom stereocenters. The zero-order chi connectivity index (χ0) is 14.3. The molecule has 4 nitrogen and oxygen atoms in total. The number of likely N-dealkylation sites (N-methyl/N-ethyl adjacent to an activating group) is 1. The number of hydrogen-bond acceptors (Lipinski definition) is 4. The highest BCUT2D eigenvalue weighted by molar-refractivity contribution is 7.90. The highest BCUT2D eigenvalue weighted by atomic mass is 32.2. The van der Waals surface area contributed by atoms with E-state index in [0.29, 0.717) is 17.0 Å². The van der Waals surface area contributed by atoms with Gasteiger partial charge in [0, 0.05) is 38.0 Å². The summed E-state index contributed by atoms with van der Waals surface area (Å²) < 4.78 is 23.2. The molecule has 2 fully saturated rings. The minimum absolute atomic E-state index is 0.426. The van der Waals surface area contributed by atoms with Crippen molar-refractivity contribution in [3.63, 3.8) is 0 Å². The van der Waals surface area contributed by atoms with Gasteiger partial charge in [0.2, 0.25) is 0 Å². The van der Waals surface area contributed by atoms with Crippen molar-refractivity contribution in [2.75, 3.05) is 25.9 Å². The summed E-state index contributed by atoms with van der Waals surface area (Å²) in [5, 5.41) is 0. The maximum absolute atomic E-state index is 11.6. The summed E-state index contributed by atoms with van der Waals surface area (Å²) in [5.74, 6) is 0. The van der Waals surface area contributed by atoms with Crippen LogP contribution in [0.3, 0.4) is 0 Å². The summed E-state index contributed by atoms with van der Waals surface area (Å²) in [6.07, 6.45) is 2.53. The third-order valence-corrected chi connectivity index (χ3v) is 5.70. The van der Waals surface area contributed by atoms with Gasteiger partial charge in [-0.2, -0.15) is 0 Å². The largest absolute Gasteiger partial charge is 0.298 e. The highest BCUT2D eigenvalue weighted by Crippen LogP contribution is 2.31. The monoisotopic (exact) mass is 294 g/mol. The number of nitrogens with zero attached hydrogens (tertiary/aromatic N) is 2. The van der Waals surface area contributed by atoms with Crippen molar-refractivity contribution >= 4 is 9.84 Å². The van der Waals surface area contributed by atoms with Gasteiger partial charge < -0.3 is 0 Å². The van der Waals surface area contributed by atoms with Crippen molar-refractivity contribution in [2.24, 2.45) is 0 Å². The lowest BCUT2D eigenvalue weighted by Crippen LogP contribution is -2.45. The molecule has 110 valence electrons. The van der Waals surface area contributed by atoms with Crippen LogP contribution in [0.1, 0.15) is 18.9 Å². The summed E-state index contributed by atoms with van der Waals surface area (Å²) in [5.41, 5.74) is 1.10. The molecule has 0 N–H and O–H groups in total. The second-order valence-electron chi connectivity index (χ2n) is 5.98. The number of piperazine rings is 1. The third-order valence-electron chi connectivity index (χ3n) is 4.59. The van der Waals surface area contributed by atoms with Crippen LogP contribution in [0.2, 0.25) is 0 Å². The summed E-state index contributed by atoms with van der Waals surface area (Å²) in [6, 6.07) is 8.70. The molecule has 5 heteroatoms. The molecule has 0 spiro atoms. The molecule has 0 amide bonds. The predicted octanol–water partition coefficient (Wildman–Crippen LogP) is 1.37. The Balaban J connectivity index is 1.71. The fourth-order valence-electron chi connectivity index (χ4n) is 3.52. The number of sulfone groups is 1. The predicted molar refractivity (Wildman–Crippen MR) is 79.4 cm³/mol. The molecule has 2 heterocycles. The third kappa shape index (κ3) is 2.62. The van der Waals surface area contributed by atoms with Gasteiger partial charge in [0.15, 0.2) is 9.84 Å². The summed E-state index contributed by atoms with van der Waals surface area (Å²) in [7, 11) is -3.11. The lowest BCUT2D eigenvalue weighted by atomic mass is 10.2. The first kappa shape index (κ1) is 14.0. The van der Waals surface area contributed by atoms with Crippen molar-refractivity contribution in [2.45, 2.75) is 36.9 Å². The summed E-state index contributed by atoms with van der Waals surface area (Å²) >= 11 is 0. The Morgan fingerprint density at radius 1 is 1.20 bits per heavy atom. The van der Waals surface area contributed by atoms with Crippen molar-refractivity contribution in [3.05, 3.63) is 29.8 Å². The molecular weight excluding hydrogens is 272 g/mol. The van der Waals surface area contributed by atoms with Gasteiger partial charge in [-0.3, -0.25) is 9.80 Å². The first-order valence-corrected chi connectivity index (χ1v) is 9.13. The molecule has 2 aliphatic heterocycles. The van der Waals surface area contributed by atoms with Crippen molar-refractivity contribution < 1.29 is 8.42 Å². The number of fused-ring (bicyclic) bond motifs is 2. The number of likely N-dealkylation sites (tertiary alicyclic amines) is 2. The Kier molecular flexibility index (Phi) is 3.60. The van der Waals surface area contributed by atoms with Gasteiger partial charge in [-0.05, 0) is 30.7 Å². The van der Waals surface area contributed by atoms with E-state index < -0.39 is 9.84 Å².